The second-order valence-electron chi connectivity index (χ2n) is 4.54. The first-order chi connectivity index (χ1) is 6.18. The maximum atomic E-state index is 11.5. The van der Waals surface area contributed by atoms with Crippen LogP contribution in [0.2, 0.25) is 0 Å². The van der Waals surface area contributed by atoms with Crippen LogP contribution >= 0.6 is 0 Å². The van der Waals surface area contributed by atoms with Crippen molar-refractivity contribution in [3.63, 3.8) is 0 Å². The number of nitrogens with one attached hydrogen (secondary N) is 1. The first kappa shape index (κ1) is 9.00. The average Bonchev–Trinajstić information content (AvgIpc) is 2.61. The van der Waals surface area contributed by atoms with Gasteiger partial charge in [-0.25, -0.2) is 0 Å². The molecular weight excluding hydrogens is 166 g/mol. The number of hydrogen-bond donors (Lipinski definition) is 1. The van der Waals surface area contributed by atoms with Gasteiger partial charge in [-0.3, -0.25) is 4.79 Å². The second kappa shape index (κ2) is 3.29. The third-order valence-corrected chi connectivity index (χ3v) is 2.94. The van der Waals surface area contributed by atoms with Crippen molar-refractivity contribution in [1.29, 1.82) is 0 Å². The molecule has 1 heterocycles. The Balaban J connectivity index is 1.71. The highest BCUT2D eigenvalue weighted by Crippen LogP contribution is 2.34. The molecule has 13 heavy (non-hydrogen) atoms. The molecule has 3 heteroatoms. The number of hydrogen-bond acceptors (Lipinski definition) is 2. The number of carbonyl (C=O) groups is 1. The van der Waals surface area contributed by atoms with Gasteiger partial charge in [0.2, 0.25) is 5.91 Å². The zero-order chi connectivity index (χ0) is 9.31. The van der Waals surface area contributed by atoms with E-state index in [1.807, 2.05) is 0 Å². The van der Waals surface area contributed by atoms with E-state index in [0.29, 0.717) is 12.3 Å². The zero-order valence-corrected chi connectivity index (χ0v) is 8.14. The summed E-state index contributed by atoms with van der Waals surface area (Å²) >= 11 is 0. The van der Waals surface area contributed by atoms with E-state index in [-0.39, 0.29) is 11.4 Å². The van der Waals surface area contributed by atoms with Gasteiger partial charge in [0.05, 0.1) is 0 Å². The molecule has 0 bridgehead atoms. The molecule has 1 amide bonds. The van der Waals surface area contributed by atoms with Crippen molar-refractivity contribution in [2.24, 2.45) is 5.92 Å². The van der Waals surface area contributed by atoms with Crippen LogP contribution in [0, 0.1) is 5.92 Å². The van der Waals surface area contributed by atoms with Gasteiger partial charge in [-0.1, -0.05) is 0 Å². The van der Waals surface area contributed by atoms with Gasteiger partial charge in [0.25, 0.3) is 0 Å². The van der Waals surface area contributed by atoms with Crippen LogP contribution in [-0.4, -0.2) is 24.7 Å². The first-order valence-electron chi connectivity index (χ1n) is 5.07. The summed E-state index contributed by atoms with van der Waals surface area (Å²) in [6.07, 6.45) is 3.97. The smallest absolute Gasteiger partial charge is 0.220 e. The SMILES string of the molecule is CC1(NC(=O)C[C@H]2CCOC2)CC1. The minimum Gasteiger partial charge on any atom is -0.381 e. The summed E-state index contributed by atoms with van der Waals surface area (Å²) in [5.74, 6) is 0.665. The Morgan fingerprint density at radius 2 is 2.38 bits per heavy atom. The van der Waals surface area contributed by atoms with E-state index in [2.05, 4.69) is 12.2 Å². The minimum absolute atomic E-state index is 0.135. The van der Waals surface area contributed by atoms with Crippen molar-refractivity contribution >= 4 is 5.91 Å². The van der Waals surface area contributed by atoms with E-state index >= 15 is 0 Å². The molecule has 2 fully saturated rings. The maximum Gasteiger partial charge on any atom is 0.220 e. The van der Waals surface area contributed by atoms with Crippen molar-refractivity contribution in [3.05, 3.63) is 0 Å². The Kier molecular flexibility index (Phi) is 2.28. The van der Waals surface area contributed by atoms with Crippen LogP contribution in [-0.2, 0) is 9.53 Å². The first-order valence-corrected chi connectivity index (χ1v) is 5.07. The molecule has 0 aromatic heterocycles. The molecule has 2 aliphatic rings. The van der Waals surface area contributed by atoms with Crippen LogP contribution in [0.1, 0.15) is 32.6 Å². The minimum atomic E-state index is 0.135. The highest BCUT2D eigenvalue weighted by atomic mass is 16.5. The quantitative estimate of drug-likeness (QED) is 0.711. The van der Waals surface area contributed by atoms with Crippen LogP contribution in [0.4, 0.5) is 0 Å². The average molecular weight is 183 g/mol. The van der Waals surface area contributed by atoms with E-state index in [1.165, 1.54) is 0 Å². The largest absolute Gasteiger partial charge is 0.381 e. The van der Waals surface area contributed by atoms with Gasteiger partial charge in [-0.15, -0.1) is 0 Å². The van der Waals surface area contributed by atoms with Gasteiger partial charge in [-0.2, -0.15) is 0 Å². The molecule has 0 aromatic rings. The van der Waals surface area contributed by atoms with Crippen molar-refractivity contribution in [1.82, 2.24) is 5.32 Å². The molecule has 2 rings (SSSR count). The Hall–Kier alpha value is -0.570. The van der Waals surface area contributed by atoms with Crippen molar-refractivity contribution in [2.75, 3.05) is 13.2 Å². The highest BCUT2D eigenvalue weighted by molar-refractivity contribution is 5.77. The molecule has 1 aliphatic carbocycles. The summed E-state index contributed by atoms with van der Waals surface area (Å²) in [4.78, 5) is 11.5. The summed E-state index contributed by atoms with van der Waals surface area (Å²) in [7, 11) is 0. The lowest BCUT2D eigenvalue weighted by Gasteiger charge is -2.13. The molecule has 1 saturated carbocycles. The molecule has 1 atom stereocenters. The van der Waals surface area contributed by atoms with Crippen molar-refractivity contribution < 1.29 is 9.53 Å². The van der Waals surface area contributed by atoms with Crippen molar-refractivity contribution in [2.45, 2.75) is 38.1 Å². The topological polar surface area (TPSA) is 38.3 Å². The van der Waals surface area contributed by atoms with E-state index < -0.39 is 0 Å². The van der Waals surface area contributed by atoms with E-state index in [4.69, 9.17) is 4.74 Å². The van der Waals surface area contributed by atoms with Gasteiger partial charge in [0.15, 0.2) is 0 Å². The Labute approximate surface area is 78.8 Å². The molecule has 74 valence electrons. The van der Waals surface area contributed by atoms with Crippen LogP contribution in [0.5, 0.6) is 0 Å². The van der Waals surface area contributed by atoms with Crippen LogP contribution < -0.4 is 5.32 Å². The Morgan fingerprint density at radius 3 is 2.92 bits per heavy atom. The second-order valence-corrected chi connectivity index (χ2v) is 4.54. The summed E-state index contributed by atoms with van der Waals surface area (Å²) in [5, 5.41) is 3.06. The predicted molar refractivity (Wildman–Crippen MR) is 49.3 cm³/mol. The maximum absolute atomic E-state index is 11.5. The lowest BCUT2D eigenvalue weighted by atomic mass is 10.0. The van der Waals surface area contributed by atoms with E-state index in [1.54, 1.807) is 0 Å². The lowest BCUT2D eigenvalue weighted by Crippen LogP contribution is -2.35. The summed E-state index contributed by atoms with van der Waals surface area (Å²) in [5.41, 5.74) is 0.135. The number of amides is 1. The van der Waals surface area contributed by atoms with Gasteiger partial charge in [0, 0.05) is 25.2 Å². The van der Waals surface area contributed by atoms with Crippen molar-refractivity contribution in [3.8, 4) is 0 Å². The Morgan fingerprint density at radius 1 is 1.62 bits per heavy atom. The third kappa shape index (κ3) is 2.44. The molecule has 0 aromatic carbocycles. The molecule has 3 nitrogen and oxygen atoms in total. The zero-order valence-electron chi connectivity index (χ0n) is 8.14. The van der Waals surface area contributed by atoms with E-state index in [9.17, 15) is 4.79 Å². The molecule has 0 unspecified atom stereocenters. The molecule has 0 spiro atoms. The molecule has 1 N–H and O–H groups in total. The fourth-order valence-electron chi connectivity index (χ4n) is 1.71. The van der Waals surface area contributed by atoms with Crippen LogP contribution in [0.25, 0.3) is 0 Å². The van der Waals surface area contributed by atoms with Crippen LogP contribution in [0.3, 0.4) is 0 Å². The summed E-state index contributed by atoms with van der Waals surface area (Å²) < 4.78 is 5.22. The van der Waals surface area contributed by atoms with E-state index in [0.717, 1.165) is 32.5 Å². The van der Waals surface area contributed by atoms with Gasteiger partial charge < -0.3 is 10.1 Å². The predicted octanol–water partition coefficient (Wildman–Crippen LogP) is 1.08. The third-order valence-electron chi connectivity index (χ3n) is 2.94. The molecule has 1 saturated heterocycles. The van der Waals surface area contributed by atoms with Crippen LogP contribution in [0.15, 0.2) is 0 Å². The number of rotatable bonds is 3. The molecule has 1 aliphatic heterocycles. The number of ether oxygens (including phenoxy) is 1. The van der Waals surface area contributed by atoms with Gasteiger partial charge in [-0.05, 0) is 32.1 Å². The fraction of sp³-hybridized carbons (Fsp3) is 0.900. The number of carbonyl (C=O) groups excluding carboxylic acids is 1. The standard InChI is InChI=1S/C10H17NO2/c1-10(3-4-10)11-9(12)6-8-2-5-13-7-8/h8H,2-7H2,1H3,(H,11,12)/t8-/m1/s1. The normalized spacial score (nSPS) is 30.1. The monoisotopic (exact) mass is 183 g/mol. The lowest BCUT2D eigenvalue weighted by molar-refractivity contribution is -0.122. The van der Waals surface area contributed by atoms with Gasteiger partial charge >= 0.3 is 0 Å². The molecule has 0 radical (unpaired) electrons. The summed E-state index contributed by atoms with van der Waals surface area (Å²) in [6, 6.07) is 0. The fourth-order valence-corrected chi connectivity index (χ4v) is 1.71. The summed E-state index contributed by atoms with van der Waals surface area (Å²) in [6.45, 7) is 3.70. The Bertz CT molecular complexity index is 205. The highest BCUT2D eigenvalue weighted by Gasteiger charge is 2.38. The molecular formula is C10H17NO2. The van der Waals surface area contributed by atoms with Gasteiger partial charge in [0.1, 0.15) is 0 Å².